The average Bonchev–Trinajstić information content (AvgIpc) is 2.50. The Morgan fingerprint density at radius 1 is 1.29 bits per heavy atom. The number of hydrogen-bond acceptors (Lipinski definition) is 4. The van der Waals surface area contributed by atoms with Gasteiger partial charge in [0.2, 0.25) is 0 Å². The zero-order chi connectivity index (χ0) is 17.3. The molecule has 1 rings (SSSR count). The van der Waals surface area contributed by atoms with Crippen LogP contribution in [0, 0.1) is 0 Å². The highest BCUT2D eigenvalue weighted by molar-refractivity contribution is 14.0. The van der Waals surface area contributed by atoms with Gasteiger partial charge >= 0.3 is 0 Å². The van der Waals surface area contributed by atoms with Gasteiger partial charge in [-0.1, -0.05) is 24.3 Å². The molecule has 0 spiro atoms. The molecule has 24 heavy (non-hydrogen) atoms. The van der Waals surface area contributed by atoms with Gasteiger partial charge < -0.3 is 15.7 Å². The Kier molecular flexibility index (Phi) is 11.2. The second kappa shape index (κ2) is 11.6. The molecule has 0 saturated heterocycles. The van der Waals surface area contributed by atoms with E-state index in [1.165, 1.54) is 6.26 Å². The molecule has 0 heterocycles. The van der Waals surface area contributed by atoms with Gasteiger partial charge in [0, 0.05) is 18.8 Å². The van der Waals surface area contributed by atoms with Crippen molar-refractivity contribution in [1.82, 2.24) is 10.6 Å². The molecule has 1 unspecified atom stereocenters. The van der Waals surface area contributed by atoms with Gasteiger partial charge in [0.25, 0.3) is 0 Å². The number of aliphatic hydroxyl groups excluding tert-OH is 1. The zero-order valence-electron chi connectivity index (χ0n) is 14.4. The third-order valence-electron chi connectivity index (χ3n) is 3.35. The lowest BCUT2D eigenvalue weighted by Crippen LogP contribution is -2.42. The van der Waals surface area contributed by atoms with Crippen molar-refractivity contribution in [2.24, 2.45) is 4.99 Å². The second-order valence-corrected chi connectivity index (χ2v) is 7.85. The van der Waals surface area contributed by atoms with Crippen LogP contribution in [0.4, 0.5) is 0 Å². The van der Waals surface area contributed by atoms with Crippen LogP contribution >= 0.6 is 24.0 Å². The van der Waals surface area contributed by atoms with Crippen LogP contribution in [0.15, 0.2) is 29.3 Å². The zero-order valence-corrected chi connectivity index (χ0v) is 17.6. The molecule has 6 nitrogen and oxygen atoms in total. The normalized spacial score (nSPS) is 13.1. The molecule has 0 amide bonds. The molecule has 0 aliphatic carbocycles. The number of guanidine groups is 1. The average molecular weight is 469 g/mol. The highest BCUT2D eigenvalue weighted by Crippen LogP contribution is 2.09. The number of aliphatic imine (C=N–C) groups is 1. The Bertz CT molecular complexity index is 621. The summed E-state index contributed by atoms with van der Waals surface area (Å²) in [7, 11) is -2.96. The molecule has 0 aromatic heterocycles. The lowest BCUT2D eigenvalue weighted by atomic mass is 10.1. The second-order valence-electron chi connectivity index (χ2n) is 5.59. The van der Waals surface area contributed by atoms with Gasteiger partial charge in [-0.3, -0.25) is 0 Å². The van der Waals surface area contributed by atoms with Crippen molar-refractivity contribution in [3.63, 3.8) is 0 Å². The summed E-state index contributed by atoms with van der Waals surface area (Å²) in [5, 5.41) is 15.7. The fourth-order valence-corrected chi connectivity index (χ4v) is 2.83. The minimum absolute atomic E-state index is 0. The maximum Gasteiger partial charge on any atom is 0.191 e. The van der Waals surface area contributed by atoms with Gasteiger partial charge in [0.05, 0.1) is 18.9 Å². The quantitative estimate of drug-likeness (QED) is 0.306. The summed E-state index contributed by atoms with van der Waals surface area (Å²) >= 11 is 0. The van der Waals surface area contributed by atoms with E-state index in [0.717, 1.165) is 11.1 Å². The minimum atomic E-state index is -2.96. The number of aliphatic hydroxyl groups is 1. The molecule has 0 radical (unpaired) electrons. The van der Waals surface area contributed by atoms with Crippen molar-refractivity contribution in [2.45, 2.75) is 39.5 Å². The number of hydrogen-bond donors (Lipinski definition) is 3. The largest absolute Gasteiger partial charge is 0.392 e. The van der Waals surface area contributed by atoms with Gasteiger partial charge in [-0.25, -0.2) is 13.4 Å². The number of rotatable bonds is 8. The van der Waals surface area contributed by atoms with E-state index in [-0.39, 0.29) is 42.4 Å². The molecule has 0 aliphatic heterocycles. The van der Waals surface area contributed by atoms with Crippen LogP contribution in [0.5, 0.6) is 0 Å². The van der Waals surface area contributed by atoms with E-state index in [1.54, 1.807) is 0 Å². The lowest BCUT2D eigenvalue weighted by Gasteiger charge is -2.17. The lowest BCUT2D eigenvalue weighted by molar-refractivity contribution is 0.280. The summed E-state index contributed by atoms with van der Waals surface area (Å²) in [6.45, 7) is 5.05. The summed E-state index contributed by atoms with van der Waals surface area (Å²) in [6, 6.07) is 7.61. The number of benzene rings is 1. The van der Waals surface area contributed by atoms with E-state index in [9.17, 15) is 13.5 Å². The van der Waals surface area contributed by atoms with Crippen molar-refractivity contribution < 1.29 is 13.5 Å². The van der Waals surface area contributed by atoms with Crippen LogP contribution in [0.1, 0.15) is 31.4 Å². The smallest absolute Gasteiger partial charge is 0.191 e. The first-order chi connectivity index (χ1) is 10.9. The molecule has 0 fully saturated rings. The predicted octanol–water partition coefficient (Wildman–Crippen LogP) is 1.68. The highest BCUT2D eigenvalue weighted by Gasteiger charge is 2.09. The first-order valence-electron chi connectivity index (χ1n) is 7.76. The number of sulfone groups is 1. The molecule has 0 saturated carbocycles. The molecule has 1 aromatic rings. The summed E-state index contributed by atoms with van der Waals surface area (Å²) < 4.78 is 22.5. The van der Waals surface area contributed by atoms with Crippen LogP contribution in [-0.4, -0.2) is 44.1 Å². The molecule has 1 atom stereocenters. The van der Waals surface area contributed by atoms with E-state index in [0.29, 0.717) is 25.5 Å². The van der Waals surface area contributed by atoms with Crippen molar-refractivity contribution in [1.29, 1.82) is 0 Å². The van der Waals surface area contributed by atoms with Crippen LogP contribution < -0.4 is 10.6 Å². The third-order valence-corrected chi connectivity index (χ3v) is 4.32. The van der Waals surface area contributed by atoms with E-state index in [1.807, 2.05) is 38.1 Å². The van der Waals surface area contributed by atoms with Crippen molar-refractivity contribution >= 4 is 39.8 Å². The summed E-state index contributed by atoms with van der Waals surface area (Å²) in [6.07, 6.45) is 1.77. The van der Waals surface area contributed by atoms with Crippen LogP contribution in [0.3, 0.4) is 0 Å². The van der Waals surface area contributed by atoms with Gasteiger partial charge in [0.15, 0.2) is 5.96 Å². The van der Waals surface area contributed by atoms with Crippen LogP contribution in [0.2, 0.25) is 0 Å². The summed E-state index contributed by atoms with van der Waals surface area (Å²) in [4.78, 5) is 4.51. The number of nitrogens with one attached hydrogen (secondary N) is 2. The van der Waals surface area contributed by atoms with Crippen LogP contribution in [0.25, 0.3) is 0 Å². The Morgan fingerprint density at radius 2 is 1.92 bits per heavy atom. The third kappa shape index (κ3) is 9.43. The molecule has 3 N–H and O–H groups in total. The Labute approximate surface area is 162 Å². The first-order valence-corrected chi connectivity index (χ1v) is 9.82. The van der Waals surface area contributed by atoms with E-state index in [2.05, 4.69) is 15.6 Å². The Hall–Kier alpha value is -0.870. The molecule has 138 valence electrons. The standard InChI is InChI=1S/C16H27N3O3S.HI/c1-4-17-16(19-13(2)9-10-23(3,21)22)18-11-14-7-5-6-8-15(14)12-20;/h5-8,13,20H,4,9-12H2,1-3H3,(H2,17,18,19);1H. The SMILES string of the molecule is CCNC(=NCc1ccccc1CO)NC(C)CCS(C)(=O)=O.I. The maximum absolute atomic E-state index is 11.2. The molecule has 1 aromatic carbocycles. The number of nitrogens with zero attached hydrogens (tertiary/aromatic N) is 1. The monoisotopic (exact) mass is 469 g/mol. The van der Waals surface area contributed by atoms with Gasteiger partial charge in [-0.15, -0.1) is 24.0 Å². The van der Waals surface area contributed by atoms with Crippen molar-refractivity contribution in [2.75, 3.05) is 18.6 Å². The van der Waals surface area contributed by atoms with Crippen molar-refractivity contribution in [3.05, 3.63) is 35.4 Å². The predicted molar refractivity (Wildman–Crippen MR) is 110 cm³/mol. The summed E-state index contributed by atoms with van der Waals surface area (Å²) in [5.74, 6) is 0.787. The van der Waals surface area contributed by atoms with Gasteiger partial charge in [0.1, 0.15) is 9.84 Å². The summed E-state index contributed by atoms with van der Waals surface area (Å²) in [5.41, 5.74) is 1.83. The fourth-order valence-electron chi connectivity index (χ4n) is 2.05. The number of halogens is 1. The van der Waals surface area contributed by atoms with E-state index in [4.69, 9.17) is 0 Å². The van der Waals surface area contributed by atoms with Gasteiger partial charge in [-0.2, -0.15) is 0 Å². The minimum Gasteiger partial charge on any atom is -0.392 e. The molecular weight excluding hydrogens is 441 g/mol. The topological polar surface area (TPSA) is 90.8 Å². The molecule has 0 bridgehead atoms. The van der Waals surface area contributed by atoms with Gasteiger partial charge in [-0.05, 0) is 31.4 Å². The molecule has 8 heteroatoms. The van der Waals surface area contributed by atoms with E-state index < -0.39 is 9.84 Å². The van der Waals surface area contributed by atoms with Crippen LogP contribution in [-0.2, 0) is 23.0 Å². The van der Waals surface area contributed by atoms with E-state index >= 15 is 0 Å². The fraction of sp³-hybridized carbons (Fsp3) is 0.562. The molecule has 0 aliphatic rings. The Morgan fingerprint density at radius 3 is 2.46 bits per heavy atom. The first kappa shape index (κ1) is 23.1. The van der Waals surface area contributed by atoms with Crippen molar-refractivity contribution in [3.8, 4) is 0 Å². The molecular formula is C16H28IN3O3S. The Balaban J connectivity index is 0.00000529. The maximum atomic E-state index is 11.2. The highest BCUT2D eigenvalue weighted by atomic mass is 127.